The monoisotopic (exact) mass is 344 g/mol. The molecule has 0 saturated carbocycles. The summed E-state index contributed by atoms with van der Waals surface area (Å²) in [6.45, 7) is 7.46. The van der Waals surface area contributed by atoms with Crippen LogP contribution in [0.3, 0.4) is 0 Å². The first-order chi connectivity index (χ1) is 12.3. The van der Waals surface area contributed by atoms with E-state index in [1.54, 1.807) is 12.5 Å². The Labute approximate surface area is 147 Å². The summed E-state index contributed by atoms with van der Waals surface area (Å²) in [6, 6.07) is 3.70. The Morgan fingerprint density at radius 2 is 2.08 bits per heavy atom. The van der Waals surface area contributed by atoms with E-state index in [4.69, 9.17) is 18.9 Å². The molecule has 2 aromatic rings. The molecule has 0 fully saturated rings. The van der Waals surface area contributed by atoms with Crippen molar-refractivity contribution in [3.63, 3.8) is 0 Å². The Morgan fingerprint density at radius 1 is 1.24 bits per heavy atom. The normalized spacial score (nSPS) is 13.4. The standard InChI is InChI=1S/C19H24N2O4/c1-3-9-22-15-6-8-21-14-13-16(23-10-5-7-20-4-2)18-19(17(14)15)25-12-11-24-18/h3,6,8-9,13,20H,4-5,7,10-12H2,1-2H3/b9-3+. The number of ether oxygens (including phenoxy) is 4. The van der Waals surface area contributed by atoms with Crippen molar-refractivity contribution in [1.29, 1.82) is 0 Å². The molecule has 0 aliphatic carbocycles. The molecule has 134 valence electrons. The SMILES string of the molecule is C/C=C/Oc1ccnc2cc(OCCCNCC)c3c(c12)OCCO3. The smallest absolute Gasteiger partial charge is 0.204 e. The van der Waals surface area contributed by atoms with Gasteiger partial charge in [0.2, 0.25) is 5.75 Å². The molecule has 6 nitrogen and oxygen atoms in total. The predicted octanol–water partition coefficient (Wildman–Crippen LogP) is 3.30. The van der Waals surface area contributed by atoms with Gasteiger partial charge in [0.05, 0.1) is 23.8 Å². The number of benzene rings is 1. The van der Waals surface area contributed by atoms with Crippen molar-refractivity contribution in [2.24, 2.45) is 0 Å². The molecule has 6 heteroatoms. The van der Waals surface area contributed by atoms with Crippen LogP contribution in [0.4, 0.5) is 0 Å². The zero-order chi connectivity index (χ0) is 17.5. The molecule has 1 aliphatic heterocycles. The molecular formula is C19H24N2O4. The summed E-state index contributed by atoms with van der Waals surface area (Å²) in [4.78, 5) is 4.44. The number of nitrogens with one attached hydrogen (secondary N) is 1. The minimum Gasteiger partial charge on any atom is -0.489 e. The fraction of sp³-hybridized carbons (Fsp3) is 0.421. The van der Waals surface area contributed by atoms with E-state index < -0.39 is 0 Å². The lowest BCUT2D eigenvalue weighted by Crippen LogP contribution is -2.18. The fourth-order valence-corrected chi connectivity index (χ4v) is 2.68. The van der Waals surface area contributed by atoms with Crippen LogP contribution in [0.15, 0.2) is 30.7 Å². The van der Waals surface area contributed by atoms with Gasteiger partial charge in [-0.1, -0.05) is 13.0 Å². The van der Waals surface area contributed by atoms with Gasteiger partial charge in [-0.15, -0.1) is 0 Å². The zero-order valence-corrected chi connectivity index (χ0v) is 14.7. The van der Waals surface area contributed by atoms with Crippen molar-refractivity contribution < 1.29 is 18.9 Å². The predicted molar refractivity (Wildman–Crippen MR) is 96.8 cm³/mol. The van der Waals surface area contributed by atoms with Crippen LogP contribution in [0.5, 0.6) is 23.0 Å². The first-order valence-electron chi connectivity index (χ1n) is 8.67. The highest BCUT2D eigenvalue weighted by atomic mass is 16.6. The van der Waals surface area contributed by atoms with Crippen LogP contribution >= 0.6 is 0 Å². The molecule has 0 radical (unpaired) electrons. The van der Waals surface area contributed by atoms with Gasteiger partial charge in [0, 0.05) is 12.3 Å². The Kier molecular flexibility index (Phi) is 5.95. The summed E-state index contributed by atoms with van der Waals surface area (Å²) in [5.41, 5.74) is 0.757. The zero-order valence-electron chi connectivity index (χ0n) is 14.7. The van der Waals surface area contributed by atoms with Crippen molar-refractivity contribution in [2.75, 3.05) is 32.9 Å². The van der Waals surface area contributed by atoms with Gasteiger partial charge in [0.1, 0.15) is 19.0 Å². The molecule has 1 aliphatic rings. The molecular weight excluding hydrogens is 320 g/mol. The third kappa shape index (κ3) is 3.96. The minimum atomic E-state index is 0.490. The number of hydrogen-bond donors (Lipinski definition) is 1. The molecule has 2 heterocycles. The summed E-state index contributed by atoms with van der Waals surface area (Å²) in [5.74, 6) is 2.61. The Hall–Kier alpha value is -2.47. The maximum absolute atomic E-state index is 5.94. The largest absolute Gasteiger partial charge is 0.489 e. The van der Waals surface area contributed by atoms with Crippen LogP contribution in [0.1, 0.15) is 20.3 Å². The van der Waals surface area contributed by atoms with Gasteiger partial charge >= 0.3 is 0 Å². The van der Waals surface area contributed by atoms with E-state index in [0.29, 0.717) is 42.8 Å². The molecule has 1 N–H and O–H groups in total. The van der Waals surface area contributed by atoms with Crippen molar-refractivity contribution >= 4 is 10.9 Å². The molecule has 0 amide bonds. The second-order valence-corrected chi connectivity index (χ2v) is 5.58. The number of rotatable bonds is 8. The Morgan fingerprint density at radius 3 is 2.88 bits per heavy atom. The summed E-state index contributed by atoms with van der Waals surface area (Å²) in [5, 5.41) is 4.08. The third-order valence-corrected chi connectivity index (χ3v) is 3.78. The maximum Gasteiger partial charge on any atom is 0.204 e. The highest BCUT2D eigenvalue weighted by Crippen LogP contribution is 2.47. The van der Waals surface area contributed by atoms with Crippen LogP contribution in [-0.2, 0) is 0 Å². The van der Waals surface area contributed by atoms with Crippen LogP contribution in [-0.4, -0.2) is 37.9 Å². The first kappa shape index (κ1) is 17.4. The highest BCUT2D eigenvalue weighted by Gasteiger charge is 2.24. The molecule has 0 bridgehead atoms. The molecule has 3 rings (SSSR count). The lowest BCUT2D eigenvalue weighted by atomic mass is 10.1. The van der Waals surface area contributed by atoms with Crippen molar-refractivity contribution in [3.8, 4) is 23.0 Å². The van der Waals surface area contributed by atoms with Crippen LogP contribution in [0.25, 0.3) is 10.9 Å². The number of hydrogen-bond acceptors (Lipinski definition) is 6. The Balaban J connectivity index is 1.93. The number of pyridine rings is 1. The van der Waals surface area contributed by atoms with Crippen LogP contribution < -0.4 is 24.3 Å². The molecule has 1 aromatic carbocycles. The second kappa shape index (κ2) is 8.58. The van der Waals surface area contributed by atoms with Gasteiger partial charge in [-0.3, -0.25) is 4.98 Å². The van der Waals surface area contributed by atoms with Gasteiger partial charge < -0.3 is 24.3 Å². The van der Waals surface area contributed by atoms with E-state index in [0.717, 1.165) is 30.4 Å². The molecule has 0 saturated heterocycles. The quantitative estimate of drug-likeness (QED) is 0.586. The maximum atomic E-state index is 5.94. The van der Waals surface area contributed by atoms with E-state index in [-0.39, 0.29) is 0 Å². The van der Waals surface area contributed by atoms with Crippen molar-refractivity contribution in [2.45, 2.75) is 20.3 Å². The molecule has 0 atom stereocenters. The van der Waals surface area contributed by atoms with E-state index in [9.17, 15) is 0 Å². The van der Waals surface area contributed by atoms with E-state index >= 15 is 0 Å². The topological polar surface area (TPSA) is 61.8 Å². The molecule has 1 aromatic heterocycles. The lowest BCUT2D eigenvalue weighted by Gasteiger charge is -2.23. The van der Waals surface area contributed by atoms with E-state index in [1.807, 2.05) is 25.1 Å². The highest BCUT2D eigenvalue weighted by molar-refractivity contribution is 5.95. The molecule has 0 spiro atoms. The fourth-order valence-electron chi connectivity index (χ4n) is 2.68. The number of allylic oxidation sites excluding steroid dienone is 1. The van der Waals surface area contributed by atoms with Gasteiger partial charge in [-0.05, 0) is 32.5 Å². The summed E-state index contributed by atoms with van der Waals surface area (Å²) < 4.78 is 23.3. The van der Waals surface area contributed by atoms with E-state index in [2.05, 4.69) is 17.2 Å². The average Bonchev–Trinajstić information content (AvgIpc) is 2.66. The third-order valence-electron chi connectivity index (χ3n) is 3.78. The van der Waals surface area contributed by atoms with Crippen molar-refractivity contribution in [1.82, 2.24) is 10.3 Å². The van der Waals surface area contributed by atoms with E-state index in [1.165, 1.54) is 0 Å². The van der Waals surface area contributed by atoms with Crippen molar-refractivity contribution in [3.05, 3.63) is 30.7 Å². The number of aromatic nitrogens is 1. The van der Waals surface area contributed by atoms with Gasteiger partial charge in [-0.2, -0.15) is 0 Å². The lowest BCUT2D eigenvalue weighted by molar-refractivity contribution is 0.163. The van der Waals surface area contributed by atoms with Gasteiger partial charge in [-0.25, -0.2) is 0 Å². The average molecular weight is 344 g/mol. The van der Waals surface area contributed by atoms with Gasteiger partial charge in [0.25, 0.3) is 0 Å². The van der Waals surface area contributed by atoms with Gasteiger partial charge in [0.15, 0.2) is 11.5 Å². The minimum absolute atomic E-state index is 0.490. The summed E-state index contributed by atoms with van der Waals surface area (Å²) in [7, 11) is 0. The number of nitrogens with zero attached hydrogens (tertiary/aromatic N) is 1. The second-order valence-electron chi connectivity index (χ2n) is 5.58. The molecule has 0 unspecified atom stereocenters. The molecule has 25 heavy (non-hydrogen) atoms. The first-order valence-corrected chi connectivity index (χ1v) is 8.67. The Bertz CT molecular complexity index is 746. The summed E-state index contributed by atoms with van der Waals surface area (Å²) in [6.07, 6.45) is 6.10. The van der Waals surface area contributed by atoms with Crippen LogP contribution in [0.2, 0.25) is 0 Å². The number of fused-ring (bicyclic) bond motifs is 3. The summed E-state index contributed by atoms with van der Waals surface area (Å²) >= 11 is 0. The van der Waals surface area contributed by atoms with Crippen LogP contribution in [0, 0.1) is 0 Å².